The van der Waals surface area contributed by atoms with E-state index in [0.717, 1.165) is 29.7 Å². The number of hydrogen-bond donors (Lipinski definition) is 1. The van der Waals surface area contributed by atoms with Crippen LogP contribution in [0.25, 0.3) is 11.1 Å². The number of benzene rings is 2. The van der Waals surface area contributed by atoms with E-state index in [9.17, 15) is 9.59 Å². The molecule has 0 aliphatic heterocycles. The predicted molar refractivity (Wildman–Crippen MR) is 86.0 cm³/mol. The standard InChI is InChI=1S/C19H15NO2/c1-20-11-5-4-6-13-9-10-16-17(12-13)14-7-2-3-8-15(14)18(21)19(16)22/h2-3,7-10,12,20H,5,11H2,1H3. The van der Waals surface area contributed by atoms with Gasteiger partial charge in [-0.2, -0.15) is 0 Å². The lowest BCUT2D eigenvalue weighted by Crippen LogP contribution is -2.21. The van der Waals surface area contributed by atoms with Gasteiger partial charge in [-0.05, 0) is 36.4 Å². The molecule has 0 amide bonds. The topological polar surface area (TPSA) is 46.2 Å². The van der Waals surface area contributed by atoms with Gasteiger partial charge in [0.1, 0.15) is 0 Å². The van der Waals surface area contributed by atoms with Gasteiger partial charge in [0.15, 0.2) is 0 Å². The summed E-state index contributed by atoms with van der Waals surface area (Å²) in [5.41, 5.74) is 3.39. The van der Waals surface area contributed by atoms with Gasteiger partial charge in [0.05, 0.1) is 0 Å². The molecule has 2 aromatic carbocycles. The van der Waals surface area contributed by atoms with Crippen LogP contribution in [0.4, 0.5) is 0 Å². The molecule has 0 aromatic heterocycles. The summed E-state index contributed by atoms with van der Waals surface area (Å²) in [6.45, 7) is 0.841. The molecule has 0 saturated carbocycles. The highest BCUT2D eigenvalue weighted by molar-refractivity contribution is 6.53. The third kappa shape index (κ3) is 2.45. The number of carbonyl (C=O) groups is 2. The molecule has 0 spiro atoms. The zero-order valence-electron chi connectivity index (χ0n) is 12.3. The molecule has 0 bridgehead atoms. The number of Topliss-reactive ketones (excluding diaryl/α,β-unsaturated/α-hetero) is 2. The Bertz CT molecular complexity index is 825. The largest absolute Gasteiger partial charge is 0.319 e. The van der Waals surface area contributed by atoms with Crippen LogP contribution in [0.1, 0.15) is 32.7 Å². The van der Waals surface area contributed by atoms with Gasteiger partial charge in [0.2, 0.25) is 11.6 Å². The van der Waals surface area contributed by atoms with Crippen LogP contribution in [0.15, 0.2) is 42.5 Å². The van der Waals surface area contributed by atoms with E-state index in [0.29, 0.717) is 11.1 Å². The van der Waals surface area contributed by atoms with Crippen molar-refractivity contribution in [3.05, 3.63) is 59.2 Å². The second-order valence-electron chi connectivity index (χ2n) is 5.12. The highest BCUT2D eigenvalue weighted by Crippen LogP contribution is 2.33. The number of nitrogens with one attached hydrogen (secondary N) is 1. The van der Waals surface area contributed by atoms with Gasteiger partial charge in [-0.1, -0.05) is 36.1 Å². The van der Waals surface area contributed by atoms with Crippen molar-refractivity contribution in [2.75, 3.05) is 13.6 Å². The number of rotatable bonds is 2. The van der Waals surface area contributed by atoms with Crippen LogP contribution < -0.4 is 5.32 Å². The smallest absolute Gasteiger partial charge is 0.234 e. The predicted octanol–water partition coefficient (Wildman–Crippen LogP) is 2.69. The summed E-state index contributed by atoms with van der Waals surface area (Å²) < 4.78 is 0. The molecule has 0 fully saturated rings. The maximum absolute atomic E-state index is 12.2. The summed E-state index contributed by atoms with van der Waals surface area (Å²) >= 11 is 0. The van der Waals surface area contributed by atoms with E-state index >= 15 is 0 Å². The lowest BCUT2D eigenvalue weighted by Gasteiger charge is -2.17. The zero-order chi connectivity index (χ0) is 15.5. The maximum atomic E-state index is 12.2. The Morgan fingerprint density at radius 3 is 2.32 bits per heavy atom. The minimum Gasteiger partial charge on any atom is -0.319 e. The minimum atomic E-state index is -0.441. The Morgan fingerprint density at radius 1 is 0.909 bits per heavy atom. The number of carbonyl (C=O) groups excluding carboxylic acids is 2. The van der Waals surface area contributed by atoms with Gasteiger partial charge in [-0.25, -0.2) is 0 Å². The summed E-state index contributed by atoms with van der Waals surface area (Å²) in [7, 11) is 1.89. The highest BCUT2D eigenvalue weighted by Gasteiger charge is 2.29. The number of ketones is 2. The molecule has 0 saturated heterocycles. The van der Waals surface area contributed by atoms with Crippen LogP contribution in [0.5, 0.6) is 0 Å². The van der Waals surface area contributed by atoms with Gasteiger partial charge in [0.25, 0.3) is 0 Å². The van der Waals surface area contributed by atoms with Crippen LogP contribution in [0, 0.1) is 11.8 Å². The molecule has 2 aromatic rings. The molecule has 0 unspecified atom stereocenters. The van der Waals surface area contributed by atoms with Crippen molar-refractivity contribution >= 4 is 11.6 Å². The fourth-order valence-corrected chi connectivity index (χ4v) is 2.56. The molecule has 1 aliphatic rings. The average Bonchev–Trinajstić information content (AvgIpc) is 2.56. The Labute approximate surface area is 129 Å². The van der Waals surface area contributed by atoms with E-state index in [4.69, 9.17) is 0 Å². The van der Waals surface area contributed by atoms with E-state index in [1.54, 1.807) is 24.3 Å². The van der Waals surface area contributed by atoms with Crippen molar-refractivity contribution in [2.45, 2.75) is 6.42 Å². The van der Waals surface area contributed by atoms with Gasteiger partial charge < -0.3 is 5.32 Å². The van der Waals surface area contributed by atoms with Crippen LogP contribution >= 0.6 is 0 Å². The van der Waals surface area contributed by atoms with E-state index < -0.39 is 11.6 Å². The Kier molecular flexibility index (Phi) is 3.86. The molecule has 0 heterocycles. The molecular formula is C19H15NO2. The third-order valence-corrected chi connectivity index (χ3v) is 3.67. The molecule has 3 nitrogen and oxygen atoms in total. The Hall–Kier alpha value is -2.70. The van der Waals surface area contributed by atoms with Gasteiger partial charge in [-0.15, -0.1) is 0 Å². The van der Waals surface area contributed by atoms with Crippen LogP contribution in [0.2, 0.25) is 0 Å². The lowest BCUT2D eigenvalue weighted by atomic mass is 9.83. The molecular weight excluding hydrogens is 274 g/mol. The second kappa shape index (κ2) is 5.97. The lowest BCUT2D eigenvalue weighted by molar-refractivity contribution is 0.0815. The quantitative estimate of drug-likeness (QED) is 0.525. The van der Waals surface area contributed by atoms with Crippen molar-refractivity contribution in [1.29, 1.82) is 0 Å². The summed E-state index contributed by atoms with van der Waals surface area (Å²) in [6, 6.07) is 12.6. The molecule has 108 valence electrons. The highest BCUT2D eigenvalue weighted by atomic mass is 16.2. The Balaban J connectivity index is 2.06. The third-order valence-electron chi connectivity index (χ3n) is 3.67. The second-order valence-corrected chi connectivity index (χ2v) is 5.12. The molecule has 1 N–H and O–H groups in total. The first kappa shape index (κ1) is 14.2. The van der Waals surface area contributed by atoms with Crippen molar-refractivity contribution in [3.8, 4) is 23.0 Å². The first-order valence-corrected chi connectivity index (χ1v) is 7.18. The first-order chi connectivity index (χ1) is 10.7. The monoisotopic (exact) mass is 289 g/mol. The number of fused-ring (bicyclic) bond motifs is 3. The molecule has 3 rings (SSSR count). The first-order valence-electron chi connectivity index (χ1n) is 7.18. The van der Waals surface area contributed by atoms with Gasteiger partial charge >= 0.3 is 0 Å². The summed E-state index contributed by atoms with van der Waals surface area (Å²) in [5, 5.41) is 3.04. The molecule has 1 aliphatic carbocycles. The molecule has 0 radical (unpaired) electrons. The zero-order valence-corrected chi connectivity index (χ0v) is 12.3. The van der Waals surface area contributed by atoms with Crippen molar-refractivity contribution in [2.24, 2.45) is 0 Å². The van der Waals surface area contributed by atoms with Gasteiger partial charge in [-0.3, -0.25) is 9.59 Å². The van der Waals surface area contributed by atoms with Crippen LogP contribution in [-0.2, 0) is 0 Å². The Morgan fingerprint density at radius 2 is 1.59 bits per heavy atom. The summed E-state index contributed by atoms with van der Waals surface area (Å²) in [6.07, 6.45) is 0.765. The van der Waals surface area contributed by atoms with Crippen molar-refractivity contribution < 1.29 is 9.59 Å². The van der Waals surface area contributed by atoms with E-state index in [1.807, 2.05) is 25.2 Å². The SMILES string of the molecule is CNCCC#Cc1ccc2c(c1)-c1ccccc1C(=O)C2=O. The summed E-state index contributed by atoms with van der Waals surface area (Å²) in [4.78, 5) is 24.3. The molecule has 22 heavy (non-hydrogen) atoms. The summed E-state index contributed by atoms with van der Waals surface area (Å²) in [5.74, 6) is 5.31. The van der Waals surface area contributed by atoms with Gasteiger partial charge in [0, 0.05) is 29.7 Å². The van der Waals surface area contributed by atoms with Crippen LogP contribution in [-0.4, -0.2) is 25.2 Å². The fraction of sp³-hybridized carbons (Fsp3) is 0.158. The fourth-order valence-electron chi connectivity index (χ4n) is 2.56. The van der Waals surface area contributed by atoms with E-state index in [2.05, 4.69) is 17.2 Å². The van der Waals surface area contributed by atoms with E-state index in [1.165, 1.54) is 0 Å². The van der Waals surface area contributed by atoms with Crippen LogP contribution in [0.3, 0.4) is 0 Å². The van der Waals surface area contributed by atoms with E-state index in [-0.39, 0.29) is 0 Å². The molecule has 3 heteroatoms. The molecule has 0 atom stereocenters. The average molecular weight is 289 g/mol. The normalized spacial score (nSPS) is 12.2. The van der Waals surface area contributed by atoms with Crippen molar-refractivity contribution in [1.82, 2.24) is 5.32 Å². The maximum Gasteiger partial charge on any atom is 0.234 e. The minimum absolute atomic E-state index is 0.434. The van der Waals surface area contributed by atoms with Crippen molar-refractivity contribution in [3.63, 3.8) is 0 Å². The number of hydrogen-bond acceptors (Lipinski definition) is 3.